The van der Waals surface area contributed by atoms with Crippen molar-refractivity contribution in [3.05, 3.63) is 57.6 Å². The van der Waals surface area contributed by atoms with Gasteiger partial charge < -0.3 is 10.2 Å². The molecule has 0 aliphatic carbocycles. The van der Waals surface area contributed by atoms with E-state index in [2.05, 4.69) is 52.0 Å². The number of phenols is 2. The van der Waals surface area contributed by atoms with Crippen LogP contribution in [0, 0.1) is 13.8 Å². The smallest absolute Gasteiger partial charge is 0.122 e. The van der Waals surface area contributed by atoms with Gasteiger partial charge in [-0.3, -0.25) is 0 Å². The first-order valence-corrected chi connectivity index (χ1v) is 10.6. The van der Waals surface area contributed by atoms with Crippen LogP contribution in [-0.2, 0) is 19.3 Å². The fourth-order valence-electron chi connectivity index (χ4n) is 3.86. The number of rotatable bonds is 10. The molecule has 0 amide bonds. The first-order valence-electron chi connectivity index (χ1n) is 10.6. The van der Waals surface area contributed by atoms with Gasteiger partial charge >= 0.3 is 0 Å². The van der Waals surface area contributed by atoms with Gasteiger partial charge in [-0.15, -0.1) is 0 Å². The molecule has 2 nitrogen and oxygen atoms in total. The van der Waals surface area contributed by atoms with Crippen LogP contribution in [0.5, 0.6) is 11.5 Å². The van der Waals surface area contributed by atoms with E-state index < -0.39 is 0 Å². The summed E-state index contributed by atoms with van der Waals surface area (Å²) in [6.45, 7) is 8.55. The molecule has 0 saturated carbocycles. The zero-order chi connectivity index (χ0) is 19.8. The molecule has 2 aromatic rings. The molecule has 2 aromatic carbocycles. The predicted molar refractivity (Wildman–Crippen MR) is 115 cm³/mol. The van der Waals surface area contributed by atoms with Crippen molar-refractivity contribution < 1.29 is 10.2 Å². The van der Waals surface area contributed by atoms with Crippen LogP contribution >= 0.6 is 0 Å². The van der Waals surface area contributed by atoms with Crippen molar-refractivity contribution >= 4 is 0 Å². The molecule has 0 heterocycles. The summed E-state index contributed by atoms with van der Waals surface area (Å²) in [7, 11) is 0. The first kappa shape index (κ1) is 21.3. The largest absolute Gasteiger partial charge is 0.507 e. The van der Waals surface area contributed by atoms with Crippen LogP contribution in [0.25, 0.3) is 0 Å². The monoisotopic (exact) mass is 368 g/mol. The Kier molecular flexibility index (Phi) is 8.22. The number of aryl methyl sites for hydroxylation is 4. The van der Waals surface area contributed by atoms with Gasteiger partial charge in [0.2, 0.25) is 0 Å². The maximum Gasteiger partial charge on any atom is 0.122 e. The van der Waals surface area contributed by atoms with Crippen LogP contribution < -0.4 is 0 Å². The van der Waals surface area contributed by atoms with Gasteiger partial charge in [0, 0.05) is 6.42 Å². The Morgan fingerprint density at radius 1 is 0.593 bits per heavy atom. The number of aromatic hydroxyl groups is 2. The lowest BCUT2D eigenvalue weighted by atomic mass is 9.93. The highest BCUT2D eigenvalue weighted by Crippen LogP contribution is 2.33. The van der Waals surface area contributed by atoms with Gasteiger partial charge in [0.15, 0.2) is 0 Å². The molecule has 0 unspecified atom stereocenters. The highest BCUT2D eigenvalue weighted by Gasteiger charge is 2.14. The molecule has 2 N–H and O–H groups in total. The number of hydrogen-bond acceptors (Lipinski definition) is 2. The van der Waals surface area contributed by atoms with E-state index in [0.29, 0.717) is 17.9 Å². The second kappa shape index (κ2) is 10.4. The van der Waals surface area contributed by atoms with Crippen molar-refractivity contribution in [2.75, 3.05) is 0 Å². The number of unbranched alkanes of at least 4 members (excludes halogenated alkanes) is 4. The normalized spacial score (nSPS) is 11.1. The third-order valence-electron chi connectivity index (χ3n) is 5.30. The van der Waals surface area contributed by atoms with Crippen molar-refractivity contribution in [1.82, 2.24) is 0 Å². The summed E-state index contributed by atoms with van der Waals surface area (Å²) >= 11 is 0. The zero-order valence-electron chi connectivity index (χ0n) is 17.6. The fourth-order valence-corrected chi connectivity index (χ4v) is 3.86. The second-order valence-corrected chi connectivity index (χ2v) is 7.95. The van der Waals surface area contributed by atoms with Gasteiger partial charge in [0.25, 0.3) is 0 Å². The standard InChI is InChI=1S/C25H36O2/c1-5-7-9-11-20-13-18(3)15-22(24(20)26)17-23-16-19(4)14-21(25(23)27)12-10-8-6-2/h13-16,26-27H,5-12,17H2,1-4H3. The van der Waals surface area contributed by atoms with E-state index in [9.17, 15) is 10.2 Å². The maximum absolute atomic E-state index is 10.8. The highest BCUT2D eigenvalue weighted by molar-refractivity contribution is 5.50. The molecule has 0 bridgehead atoms. The molecule has 2 rings (SSSR count). The van der Waals surface area contributed by atoms with Gasteiger partial charge in [-0.25, -0.2) is 0 Å². The topological polar surface area (TPSA) is 40.5 Å². The average Bonchev–Trinajstić information content (AvgIpc) is 2.62. The van der Waals surface area contributed by atoms with Crippen LogP contribution in [0.1, 0.15) is 85.8 Å². The Labute approximate surface area is 165 Å². The number of phenolic OH excluding ortho intramolecular Hbond substituents is 2. The molecule has 0 aliphatic heterocycles. The number of benzene rings is 2. The van der Waals surface area contributed by atoms with Crippen LogP contribution in [0.2, 0.25) is 0 Å². The van der Waals surface area contributed by atoms with E-state index in [0.717, 1.165) is 47.9 Å². The van der Waals surface area contributed by atoms with Crippen molar-refractivity contribution in [1.29, 1.82) is 0 Å². The fraction of sp³-hybridized carbons (Fsp3) is 0.520. The zero-order valence-corrected chi connectivity index (χ0v) is 17.6. The van der Waals surface area contributed by atoms with E-state index in [1.807, 2.05) is 0 Å². The molecule has 148 valence electrons. The lowest BCUT2D eigenvalue weighted by molar-refractivity contribution is 0.453. The minimum absolute atomic E-state index is 0.408. The van der Waals surface area contributed by atoms with Gasteiger partial charge in [-0.05, 0) is 61.8 Å². The minimum Gasteiger partial charge on any atom is -0.507 e. The van der Waals surface area contributed by atoms with Gasteiger partial charge in [-0.2, -0.15) is 0 Å². The summed E-state index contributed by atoms with van der Waals surface area (Å²) in [5, 5.41) is 21.6. The van der Waals surface area contributed by atoms with Gasteiger partial charge in [0.05, 0.1) is 0 Å². The Balaban J connectivity index is 2.28. The van der Waals surface area contributed by atoms with E-state index in [-0.39, 0.29) is 0 Å². The Morgan fingerprint density at radius 2 is 0.963 bits per heavy atom. The molecule has 0 spiro atoms. The van der Waals surface area contributed by atoms with Gasteiger partial charge in [-0.1, -0.05) is 74.9 Å². The van der Waals surface area contributed by atoms with Crippen LogP contribution in [0.3, 0.4) is 0 Å². The molecule has 27 heavy (non-hydrogen) atoms. The summed E-state index contributed by atoms with van der Waals surface area (Å²) in [5.74, 6) is 0.815. The molecule has 2 heteroatoms. The van der Waals surface area contributed by atoms with Crippen molar-refractivity contribution in [2.24, 2.45) is 0 Å². The Morgan fingerprint density at radius 3 is 1.33 bits per heavy atom. The van der Waals surface area contributed by atoms with E-state index in [1.165, 1.54) is 36.8 Å². The second-order valence-electron chi connectivity index (χ2n) is 7.95. The van der Waals surface area contributed by atoms with Crippen LogP contribution in [0.4, 0.5) is 0 Å². The Hall–Kier alpha value is -1.96. The summed E-state index contributed by atoms with van der Waals surface area (Å²) in [6, 6.07) is 8.30. The third kappa shape index (κ3) is 6.02. The molecule has 0 atom stereocenters. The van der Waals surface area contributed by atoms with Crippen LogP contribution in [0.15, 0.2) is 24.3 Å². The minimum atomic E-state index is 0.408. The summed E-state index contributed by atoms with van der Waals surface area (Å²) in [5.41, 5.74) is 6.25. The first-order chi connectivity index (χ1) is 13.0. The van der Waals surface area contributed by atoms with Gasteiger partial charge in [0.1, 0.15) is 11.5 Å². The SMILES string of the molecule is CCCCCc1cc(C)cc(Cc2cc(C)cc(CCCCC)c2O)c1O. The molecule has 0 aliphatic rings. The molecule has 0 saturated heterocycles. The summed E-state index contributed by atoms with van der Waals surface area (Å²) in [4.78, 5) is 0. The third-order valence-corrected chi connectivity index (χ3v) is 5.30. The van der Waals surface area contributed by atoms with Crippen molar-refractivity contribution in [3.8, 4) is 11.5 Å². The lowest BCUT2D eigenvalue weighted by Gasteiger charge is -2.15. The quantitative estimate of drug-likeness (QED) is 0.454. The molecule has 0 aromatic heterocycles. The number of hydrogen-bond donors (Lipinski definition) is 2. The summed E-state index contributed by atoms with van der Waals surface area (Å²) < 4.78 is 0. The molecule has 0 fully saturated rings. The maximum atomic E-state index is 10.8. The van der Waals surface area contributed by atoms with Crippen LogP contribution in [-0.4, -0.2) is 10.2 Å². The summed E-state index contributed by atoms with van der Waals surface area (Å²) in [6.07, 6.45) is 9.32. The molecule has 0 radical (unpaired) electrons. The lowest BCUT2D eigenvalue weighted by Crippen LogP contribution is -1.98. The Bertz CT molecular complexity index is 683. The predicted octanol–water partition coefficient (Wildman–Crippen LogP) is 6.77. The average molecular weight is 369 g/mol. The van der Waals surface area contributed by atoms with Crippen molar-refractivity contribution in [3.63, 3.8) is 0 Å². The van der Waals surface area contributed by atoms with E-state index in [4.69, 9.17) is 0 Å². The van der Waals surface area contributed by atoms with E-state index >= 15 is 0 Å². The molecular formula is C25H36O2. The van der Waals surface area contributed by atoms with E-state index in [1.54, 1.807) is 0 Å². The highest BCUT2D eigenvalue weighted by atomic mass is 16.3. The molecular weight excluding hydrogens is 332 g/mol. The van der Waals surface area contributed by atoms with Crippen molar-refractivity contribution in [2.45, 2.75) is 85.5 Å².